The summed E-state index contributed by atoms with van der Waals surface area (Å²) in [6.45, 7) is 5.22. The maximum Gasteiger partial charge on any atom is 0.229 e. The van der Waals surface area contributed by atoms with Gasteiger partial charge < -0.3 is 5.32 Å². The SMILES string of the molecule is CCCNc1cc(CN2C(=O)CC(C)CC2=O)ccn1. The van der Waals surface area contributed by atoms with Crippen molar-refractivity contribution in [2.75, 3.05) is 11.9 Å². The molecular weight excluding hydrogens is 254 g/mol. The first kappa shape index (κ1) is 14.5. The van der Waals surface area contributed by atoms with Crippen molar-refractivity contribution in [2.24, 2.45) is 5.92 Å². The average Bonchev–Trinajstić information content (AvgIpc) is 2.41. The Balaban J connectivity index is 2.05. The van der Waals surface area contributed by atoms with Crippen LogP contribution >= 0.6 is 0 Å². The molecule has 0 radical (unpaired) electrons. The molecule has 0 aromatic carbocycles. The Hall–Kier alpha value is -1.91. The molecule has 2 heterocycles. The average molecular weight is 275 g/mol. The van der Waals surface area contributed by atoms with Crippen molar-refractivity contribution in [3.8, 4) is 0 Å². The van der Waals surface area contributed by atoms with E-state index in [1.807, 2.05) is 19.1 Å². The maximum absolute atomic E-state index is 12.0. The largest absolute Gasteiger partial charge is 0.370 e. The third kappa shape index (κ3) is 3.56. The Morgan fingerprint density at radius 1 is 1.35 bits per heavy atom. The number of hydrogen-bond acceptors (Lipinski definition) is 4. The number of hydrogen-bond donors (Lipinski definition) is 1. The summed E-state index contributed by atoms with van der Waals surface area (Å²) in [5, 5.41) is 3.20. The van der Waals surface area contributed by atoms with Gasteiger partial charge in [0.2, 0.25) is 11.8 Å². The van der Waals surface area contributed by atoms with Gasteiger partial charge in [0.25, 0.3) is 0 Å². The minimum atomic E-state index is -0.0753. The normalized spacial score (nSPS) is 16.6. The van der Waals surface area contributed by atoms with E-state index in [4.69, 9.17) is 0 Å². The van der Waals surface area contributed by atoms with Gasteiger partial charge in [0.05, 0.1) is 6.54 Å². The second kappa shape index (κ2) is 6.50. The van der Waals surface area contributed by atoms with Crippen LogP contribution in [0.25, 0.3) is 0 Å². The summed E-state index contributed by atoms with van der Waals surface area (Å²) >= 11 is 0. The maximum atomic E-state index is 12.0. The fourth-order valence-electron chi connectivity index (χ4n) is 2.31. The third-order valence-electron chi connectivity index (χ3n) is 3.37. The predicted molar refractivity (Wildman–Crippen MR) is 77.0 cm³/mol. The number of imide groups is 1. The van der Waals surface area contributed by atoms with E-state index in [1.165, 1.54) is 4.90 Å². The molecule has 1 aromatic rings. The van der Waals surface area contributed by atoms with Crippen LogP contribution in [0.3, 0.4) is 0 Å². The zero-order valence-corrected chi connectivity index (χ0v) is 12.1. The Morgan fingerprint density at radius 2 is 2.05 bits per heavy atom. The van der Waals surface area contributed by atoms with Gasteiger partial charge in [-0.3, -0.25) is 14.5 Å². The van der Waals surface area contributed by atoms with Gasteiger partial charge in [-0.25, -0.2) is 4.98 Å². The highest BCUT2D eigenvalue weighted by Crippen LogP contribution is 2.21. The molecule has 1 saturated heterocycles. The Bertz CT molecular complexity index is 484. The first-order valence-electron chi connectivity index (χ1n) is 7.12. The molecule has 0 saturated carbocycles. The molecule has 2 amide bonds. The van der Waals surface area contributed by atoms with E-state index in [0.29, 0.717) is 19.4 Å². The minimum Gasteiger partial charge on any atom is -0.370 e. The molecule has 2 rings (SSSR count). The van der Waals surface area contributed by atoms with E-state index < -0.39 is 0 Å². The topological polar surface area (TPSA) is 62.3 Å². The number of amides is 2. The second-order valence-corrected chi connectivity index (χ2v) is 5.36. The zero-order chi connectivity index (χ0) is 14.5. The fraction of sp³-hybridized carbons (Fsp3) is 0.533. The second-order valence-electron chi connectivity index (χ2n) is 5.36. The van der Waals surface area contributed by atoms with Crippen molar-refractivity contribution in [2.45, 2.75) is 39.7 Å². The van der Waals surface area contributed by atoms with Crippen LogP contribution in [0.4, 0.5) is 5.82 Å². The van der Waals surface area contributed by atoms with E-state index in [0.717, 1.165) is 24.3 Å². The van der Waals surface area contributed by atoms with Crippen molar-refractivity contribution < 1.29 is 9.59 Å². The van der Waals surface area contributed by atoms with Crippen LogP contribution in [0.2, 0.25) is 0 Å². The van der Waals surface area contributed by atoms with Crippen LogP contribution in [0, 0.1) is 5.92 Å². The molecule has 0 unspecified atom stereocenters. The van der Waals surface area contributed by atoms with E-state index in [9.17, 15) is 9.59 Å². The van der Waals surface area contributed by atoms with E-state index in [-0.39, 0.29) is 17.7 Å². The van der Waals surface area contributed by atoms with Crippen molar-refractivity contribution in [1.29, 1.82) is 0 Å². The lowest BCUT2D eigenvalue weighted by molar-refractivity contribution is -0.150. The van der Waals surface area contributed by atoms with Gasteiger partial charge in [-0.05, 0) is 30.0 Å². The monoisotopic (exact) mass is 275 g/mol. The third-order valence-corrected chi connectivity index (χ3v) is 3.37. The Kier molecular flexibility index (Phi) is 4.71. The lowest BCUT2D eigenvalue weighted by Crippen LogP contribution is -2.42. The molecule has 1 aliphatic heterocycles. The van der Waals surface area contributed by atoms with Gasteiger partial charge in [0.1, 0.15) is 5.82 Å². The first-order valence-corrected chi connectivity index (χ1v) is 7.12. The van der Waals surface area contributed by atoms with Gasteiger partial charge >= 0.3 is 0 Å². The predicted octanol–water partition coefficient (Wildman–Crippen LogP) is 2.19. The van der Waals surface area contributed by atoms with E-state index in [1.54, 1.807) is 6.20 Å². The molecule has 5 nitrogen and oxygen atoms in total. The van der Waals surface area contributed by atoms with E-state index >= 15 is 0 Å². The molecule has 1 aromatic heterocycles. The number of carbonyl (C=O) groups excluding carboxylic acids is 2. The quantitative estimate of drug-likeness (QED) is 0.837. The number of piperidine rings is 1. The first-order chi connectivity index (χ1) is 9.60. The van der Waals surface area contributed by atoms with Crippen LogP contribution in [0.1, 0.15) is 38.7 Å². The van der Waals surface area contributed by atoms with Crippen LogP contribution in [0.15, 0.2) is 18.3 Å². The molecule has 1 fully saturated rings. The molecule has 5 heteroatoms. The number of anilines is 1. The summed E-state index contributed by atoms with van der Waals surface area (Å²) in [4.78, 5) is 29.5. The summed E-state index contributed by atoms with van der Waals surface area (Å²) in [5.74, 6) is 0.794. The number of likely N-dealkylation sites (tertiary alicyclic amines) is 1. The van der Waals surface area contributed by atoms with Crippen molar-refractivity contribution in [3.63, 3.8) is 0 Å². The highest BCUT2D eigenvalue weighted by atomic mass is 16.2. The Morgan fingerprint density at radius 3 is 2.70 bits per heavy atom. The van der Waals surface area contributed by atoms with Crippen molar-refractivity contribution in [1.82, 2.24) is 9.88 Å². The number of aromatic nitrogens is 1. The van der Waals surface area contributed by atoms with Crippen molar-refractivity contribution in [3.05, 3.63) is 23.9 Å². The van der Waals surface area contributed by atoms with E-state index in [2.05, 4.69) is 17.2 Å². The molecule has 0 aliphatic carbocycles. The summed E-state index contributed by atoms with van der Waals surface area (Å²) < 4.78 is 0. The standard InChI is InChI=1S/C15H21N3O2/c1-3-5-16-13-9-12(4-6-17-13)10-18-14(19)7-11(2)8-15(18)20/h4,6,9,11H,3,5,7-8,10H2,1-2H3,(H,16,17). The summed E-state index contributed by atoms with van der Waals surface area (Å²) in [6, 6.07) is 3.74. The smallest absolute Gasteiger partial charge is 0.229 e. The zero-order valence-electron chi connectivity index (χ0n) is 12.1. The molecule has 0 spiro atoms. The van der Waals surface area contributed by atoms with Gasteiger partial charge in [-0.1, -0.05) is 13.8 Å². The summed E-state index contributed by atoms with van der Waals surface area (Å²) in [5.41, 5.74) is 0.926. The molecule has 108 valence electrons. The van der Waals surface area contributed by atoms with Crippen molar-refractivity contribution >= 4 is 17.6 Å². The van der Waals surface area contributed by atoms with Crippen LogP contribution in [-0.4, -0.2) is 28.2 Å². The lowest BCUT2D eigenvalue weighted by Gasteiger charge is -2.28. The Labute approximate surface area is 119 Å². The number of rotatable bonds is 5. The van der Waals surface area contributed by atoms with Crippen LogP contribution in [-0.2, 0) is 16.1 Å². The highest BCUT2D eigenvalue weighted by Gasteiger charge is 2.30. The van der Waals surface area contributed by atoms with Gasteiger partial charge in [0.15, 0.2) is 0 Å². The molecule has 1 aliphatic rings. The minimum absolute atomic E-state index is 0.0753. The fourth-order valence-corrected chi connectivity index (χ4v) is 2.31. The molecule has 20 heavy (non-hydrogen) atoms. The number of nitrogens with zero attached hydrogens (tertiary/aromatic N) is 2. The molecular formula is C15H21N3O2. The van der Waals surface area contributed by atoms with Gasteiger partial charge in [-0.15, -0.1) is 0 Å². The lowest BCUT2D eigenvalue weighted by atomic mass is 9.97. The van der Waals surface area contributed by atoms with Crippen LogP contribution < -0.4 is 5.32 Å². The van der Waals surface area contributed by atoms with Gasteiger partial charge in [0, 0.05) is 25.6 Å². The molecule has 1 N–H and O–H groups in total. The van der Waals surface area contributed by atoms with Crippen LogP contribution in [0.5, 0.6) is 0 Å². The highest BCUT2D eigenvalue weighted by molar-refractivity contribution is 5.97. The van der Waals surface area contributed by atoms with Gasteiger partial charge in [-0.2, -0.15) is 0 Å². The summed E-state index contributed by atoms with van der Waals surface area (Å²) in [6.07, 6.45) is 3.64. The number of nitrogens with one attached hydrogen (secondary N) is 1. The molecule has 0 atom stereocenters. The number of pyridine rings is 1. The number of carbonyl (C=O) groups is 2. The summed E-state index contributed by atoms with van der Waals surface area (Å²) in [7, 11) is 0. The molecule has 0 bridgehead atoms.